The summed E-state index contributed by atoms with van der Waals surface area (Å²) in [6.45, 7) is 9.92. The minimum absolute atomic E-state index is 0.364. The third-order valence-corrected chi connectivity index (χ3v) is 24.1. The summed E-state index contributed by atoms with van der Waals surface area (Å²) < 4.78 is 27.4. The summed E-state index contributed by atoms with van der Waals surface area (Å²) in [5, 5.41) is 49.1. The standard InChI is InChI=1S/C22H17ClO3S.C22H18O3S.C20H18Cl2O3S.C20H19ClO3S/c23-18-11-4-9-16-17(21(22(24)25)27-20(16)18)10-5-13-26-19-12-3-7-14-6-1-2-8-15(14)19;23-22(24)21-18(17-10-3-4-13-20(17)26-21)11-6-14-25-19-12-5-8-15-7-1-2-9-16(15)19;1-11-8-14(9-12(2)18(11)22)25-7-3-4-16-15-6-5-13(21)10-17(15)26-19(16)20(23)24;1-12-10-14(11-13(2)18(12)21)24-9-5-7-16-15-6-3-4-8-17(15)25-19(16)20(22)23/h1-4,6-9,11-12H,5,10,13H2,(H,24,25);1-5,7-10,12-13H,6,11,14H2,(H,23,24);5-6,8-10H,3-4,7H2,1-2H3,(H,23,24);3-4,6,8,10-11H,5,7,9H2,1-2H3,(H,22,23). The number of aromatic carboxylic acids is 4. The van der Waals surface area contributed by atoms with Crippen molar-refractivity contribution in [1.82, 2.24) is 0 Å². The number of ether oxygens (including phenoxy) is 4. The van der Waals surface area contributed by atoms with Crippen molar-refractivity contribution in [2.75, 3.05) is 26.4 Å². The van der Waals surface area contributed by atoms with Gasteiger partial charge < -0.3 is 39.4 Å². The first-order chi connectivity index (χ1) is 50.2. The van der Waals surface area contributed by atoms with E-state index in [1.54, 1.807) is 12.1 Å². The van der Waals surface area contributed by atoms with Crippen LogP contribution < -0.4 is 18.9 Å². The van der Waals surface area contributed by atoms with Gasteiger partial charge >= 0.3 is 23.9 Å². The number of aryl methyl sites for hydroxylation is 8. The first-order valence-electron chi connectivity index (χ1n) is 33.6. The van der Waals surface area contributed by atoms with Gasteiger partial charge in [-0.25, -0.2) is 19.2 Å². The second-order valence-corrected chi connectivity index (χ2v) is 30.4. The number of halogens is 4. The van der Waals surface area contributed by atoms with Crippen LogP contribution in [0.2, 0.25) is 20.1 Å². The quantitative estimate of drug-likeness (QED) is 0.0420. The van der Waals surface area contributed by atoms with Crippen LogP contribution in [0.3, 0.4) is 0 Å². The van der Waals surface area contributed by atoms with E-state index >= 15 is 0 Å². The Kier molecular flexibility index (Phi) is 25.9. The van der Waals surface area contributed by atoms with Gasteiger partial charge in [0.25, 0.3) is 0 Å². The predicted octanol–water partition coefficient (Wildman–Crippen LogP) is 24.6. The minimum atomic E-state index is -0.905. The topological polar surface area (TPSA) is 186 Å². The van der Waals surface area contributed by atoms with Gasteiger partial charge in [-0.3, -0.25) is 0 Å². The molecule has 0 radical (unpaired) electrons. The SMILES string of the molecule is Cc1cc(OCCCc2c(C(=O)O)sc3cc(Cl)ccc23)cc(C)c1Cl.Cc1cc(OCCCc2c(C(=O)O)sc3ccccc23)cc(C)c1Cl.O=C(O)c1sc2c(Cl)cccc2c1CCCOc1cccc2ccccc12.O=C(O)c1sc2ccccc2c1CCCOc1cccc2ccccc12. The van der Waals surface area contributed by atoms with Crippen molar-refractivity contribution < 1.29 is 58.6 Å². The molecule has 4 heterocycles. The highest BCUT2D eigenvalue weighted by Crippen LogP contribution is 2.40. The number of carboxylic acids is 4. The van der Waals surface area contributed by atoms with Crippen LogP contribution in [0.1, 0.15) is 109 Å². The molecule has 0 unspecified atom stereocenters. The average molecular weight is 1540 g/mol. The molecule has 0 fully saturated rings. The molecule has 4 aromatic heterocycles. The molecule has 0 aliphatic rings. The van der Waals surface area contributed by atoms with E-state index in [0.717, 1.165) is 165 Å². The van der Waals surface area contributed by atoms with E-state index in [0.29, 0.717) is 81.7 Å². The number of fused-ring (bicyclic) bond motifs is 6. The Morgan fingerprint density at radius 1 is 0.337 bits per heavy atom. The fraction of sp³-hybridized carbons (Fsp3) is 0.190. The average Bonchev–Trinajstić information content (AvgIpc) is 1.69. The van der Waals surface area contributed by atoms with Crippen LogP contribution >= 0.6 is 91.8 Å². The van der Waals surface area contributed by atoms with E-state index in [4.69, 9.17) is 65.4 Å². The van der Waals surface area contributed by atoms with Crippen molar-refractivity contribution in [2.24, 2.45) is 0 Å². The second kappa shape index (κ2) is 35.5. The van der Waals surface area contributed by atoms with Crippen molar-refractivity contribution in [3.05, 3.63) is 278 Å². The molecule has 12 nitrogen and oxygen atoms in total. The lowest BCUT2D eigenvalue weighted by atomic mass is 10.1. The first kappa shape index (κ1) is 75.9. The molecule has 0 saturated heterocycles. The normalized spacial score (nSPS) is 11.1. The zero-order valence-electron chi connectivity index (χ0n) is 57.2. The Labute approximate surface area is 637 Å². The van der Waals surface area contributed by atoms with Gasteiger partial charge in [0.2, 0.25) is 0 Å². The largest absolute Gasteiger partial charge is 0.494 e. The zero-order valence-corrected chi connectivity index (χ0v) is 63.4. The molecule has 0 spiro atoms. The molecule has 0 aliphatic carbocycles. The predicted molar refractivity (Wildman–Crippen MR) is 430 cm³/mol. The van der Waals surface area contributed by atoms with E-state index in [1.165, 1.54) is 45.3 Å². The summed E-state index contributed by atoms with van der Waals surface area (Å²) in [7, 11) is 0. The van der Waals surface area contributed by atoms with Crippen LogP contribution in [0.15, 0.2) is 194 Å². The van der Waals surface area contributed by atoms with Gasteiger partial charge in [0.1, 0.15) is 42.5 Å². The van der Waals surface area contributed by atoms with Gasteiger partial charge in [-0.15, -0.1) is 45.3 Å². The molecule has 14 aromatic rings. The van der Waals surface area contributed by atoms with E-state index in [-0.39, 0.29) is 0 Å². The van der Waals surface area contributed by atoms with Crippen LogP contribution in [-0.2, 0) is 25.7 Å². The molecule has 0 aliphatic heterocycles. The van der Waals surface area contributed by atoms with Crippen LogP contribution in [-0.4, -0.2) is 70.7 Å². The van der Waals surface area contributed by atoms with Crippen molar-refractivity contribution in [2.45, 2.75) is 79.1 Å². The number of benzene rings is 10. The highest BCUT2D eigenvalue weighted by atomic mass is 35.5. The summed E-state index contributed by atoms with van der Waals surface area (Å²) in [5.41, 5.74) is 7.46. The fourth-order valence-corrected chi connectivity index (χ4v) is 17.7. The molecule has 104 heavy (non-hydrogen) atoms. The highest BCUT2D eigenvalue weighted by molar-refractivity contribution is 7.22. The molecular formula is C84H72Cl4O12S4. The Morgan fingerprint density at radius 2 is 0.663 bits per heavy atom. The van der Waals surface area contributed by atoms with E-state index in [2.05, 4.69) is 30.3 Å². The summed E-state index contributed by atoms with van der Waals surface area (Å²) in [6, 6.07) is 62.8. The summed E-state index contributed by atoms with van der Waals surface area (Å²) in [4.78, 5) is 47.9. The molecule has 4 N–H and O–H groups in total. The van der Waals surface area contributed by atoms with Gasteiger partial charge in [-0.1, -0.05) is 174 Å². The zero-order chi connectivity index (χ0) is 73.6. The van der Waals surface area contributed by atoms with Gasteiger partial charge in [0.05, 0.1) is 36.2 Å². The van der Waals surface area contributed by atoms with E-state index in [1.807, 2.05) is 179 Å². The number of thiophene rings is 4. The minimum Gasteiger partial charge on any atom is -0.494 e. The molecular weight excluding hydrogens is 1470 g/mol. The maximum absolute atomic E-state index is 11.6. The number of hydrogen-bond acceptors (Lipinski definition) is 12. The Hall–Kier alpha value is -9.20. The third kappa shape index (κ3) is 18.5. The number of carbonyl (C=O) groups is 4. The molecule has 0 bridgehead atoms. The van der Waals surface area contributed by atoms with Crippen LogP contribution in [0.4, 0.5) is 0 Å². The monoisotopic (exact) mass is 1540 g/mol. The summed E-state index contributed by atoms with van der Waals surface area (Å²) in [6.07, 6.45) is 5.60. The summed E-state index contributed by atoms with van der Waals surface area (Å²) >= 11 is 29.8. The maximum Gasteiger partial charge on any atom is 0.346 e. The third-order valence-electron chi connectivity index (χ3n) is 17.4. The van der Waals surface area contributed by atoms with Crippen molar-refractivity contribution in [1.29, 1.82) is 0 Å². The lowest BCUT2D eigenvalue weighted by Crippen LogP contribution is -2.03. The first-order valence-corrected chi connectivity index (χ1v) is 38.4. The van der Waals surface area contributed by atoms with Gasteiger partial charge in [-0.05, 0) is 223 Å². The molecule has 0 amide bonds. The molecule has 20 heteroatoms. The molecule has 532 valence electrons. The van der Waals surface area contributed by atoms with Crippen molar-refractivity contribution in [3.8, 4) is 23.0 Å². The molecule has 14 rings (SSSR count). The Bertz CT molecular complexity index is 5400. The Morgan fingerprint density at radius 3 is 1.09 bits per heavy atom. The van der Waals surface area contributed by atoms with Crippen LogP contribution in [0.25, 0.3) is 61.9 Å². The van der Waals surface area contributed by atoms with E-state index in [9.17, 15) is 39.6 Å². The second-order valence-electron chi connectivity index (χ2n) is 24.6. The maximum atomic E-state index is 11.6. The lowest BCUT2D eigenvalue weighted by Gasteiger charge is -2.10. The van der Waals surface area contributed by atoms with Crippen LogP contribution in [0, 0.1) is 27.7 Å². The lowest BCUT2D eigenvalue weighted by molar-refractivity contribution is 0.0690. The van der Waals surface area contributed by atoms with Crippen molar-refractivity contribution in [3.63, 3.8) is 0 Å². The number of rotatable bonds is 24. The van der Waals surface area contributed by atoms with Gasteiger partial charge in [0, 0.05) is 39.9 Å². The smallest absolute Gasteiger partial charge is 0.346 e. The van der Waals surface area contributed by atoms with Crippen molar-refractivity contribution >= 4 is 178 Å². The number of carboxylic acid groups (broad SMARTS) is 4. The van der Waals surface area contributed by atoms with Crippen LogP contribution in [0.5, 0.6) is 23.0 Å². The van der Waals surface area contributed by atoms with E-state index < -0.39 is 23.9 Å². The Balaban J connectivity index is 0.000000139. The fourth-order valence-electron chi connectivity index (χ4n) is 12.5. The molecule has 0 atom stereocenters. The van der Waals surface area contributed by atoms with Gasteiger partial charge in [-0.2, -0.15) is 0 Å². The highest BCUT2D eigenvalue weighted by Gasteiger charge is 2.22. The number of hydrogen-bond donors (Lipinski definition) is 4. The molecule has 10 aromatic carbocycles. The molecule has 0 saturated carbocycles. The van der Waals surface area contributed by atoms with Gasteiger partial charge in [0.15, 0.2) is 0 Å². The summed E-state index contributed by atoms with van der Waals surface area (Å²) in [5.74, 6) is -0.212.